The van der Waals surface area contributed by atoms with Crippen LogP contribution in [0.3, 0.4) is 0 Å². The first kappa shape index (κ1) is 12.5. The lowest BCUT2D eigenvalue weighted by molar-refractivity contribution is 0.286. The Morgan fingerprint density at radius 2 is 1.93 bits per heavy atom. The first-order valence-electron chi connectivity index (χ1n) is 4.99. The first-order valence-corrected chi connectivity index (χ1v) is 5.37. The molecule has 0 aliphatic carbocycles. The molecular formula is C12H17ClFN. The summed E-state index contributed by atoms with van der Waals surface area (Å²) >= 11 is 5.96. The van der Waals surface area contributed by atoms with Crippen LogP contribution in [-0.2, 0) is 0 Å². The van der Waals surface area contributed by atoms with Gasteiger partial charge >= 0.3 is 0 Å². The van der Waals surface area contributed by atoms with E-state index in [1.807, 2.05) is 13.1 Å². The maximum absolute atomic E-state index is 13.3. The highest BCUT2D eigenvalue weighted by atomic mass is 35.5. The number of rotatable bonds is 2. The van der Waals surface area contributed by atoms with Crippen molar-refractivity contribution < 1.29 is 4.39 Å². The van der Waals surface area contributed by atoms with E-state index < -0.39 is 0 Å². The monoisotopic (exact) mass is 229 g/mol. The van der Waals surface area contributed by atoms with Gasteiger partial charge in [-0.1, -0.05) is 44.5 Å². The topological polar surface area (TPSA) is 12.0 Å². The van der Waals surface area contributed by atoms with Crippen LogP contribution in [0.2, 0.25) is 5.02 Å². The lowest BCUT2D eigenvalue weighted by atomic mass is 9.82. The molecule has 0 fully saturated rings. The average Bonchev–Trinajstić information content (AvgIpc) is 2.11. The van der Waals surface area contributed by atoms with Crippen molar-refractivity contribution in [2.24, 2.45) is 5.41 Å². The molecule has 1 atom stereocenters. The molecule has 0 aromatic heterocycles. The minimum atomic E-state index is -0.362. The summed E-state index contributed by atoms with van der Waals surface area (Å²) in [6, 6.07) is 4.96. The quantitative estimate of drug-likeness (QED) is 0.814. The van der Waals surface area contributed by atoms with Gasteiger partial charge < -0.3 is 5.32 Å². The maximum atomic E-state index is 13.3. The summed E-state index contributed by atoms with van der Waals surface area (Å²) in [6.07, 6.45) is 0. The summed E-state index contributed by atoms with van der Waals surface area (Å²) in [5, 5.41) is 3.39. The zero-order chi connectivity index (χ0) is 11.6. The Morgan fingerprint density at radius 3 is 2.40 bits per heavy atom. The standard InChI is InChI=1S/C12H17ClFN/c1-12(2,3)11(15-4)8-6-5-7-9(14)10(8)13/h5-7,11,15H,1-4H3. The van der Waals surface area contributed by atoms with E-state index in [2.05, 4.69) is 26.1 Å². The van der Waals surface area contributed by atoms with Gasteiger partial charge in [-0.05, 0) is 24.1 Å². The van der Waals surface area contributed by atoms with E-state index in [-0.39, 0.29) is 22.3 Å². The second kappa shape index (κ2) is 4.50. The van der Waals surface area contributed by atoms with Crippen molar-refractivity contribution in [2.45, 2.75) is 26.8 Å². The molecule has 84 valence electrons. The van der Waals surface area contributed by atoms with Crippen LogP contribution in [0.25, 0.3) is 0 Å². The Morgan fingerprint density at radius 1 is 1.33 bits per heavy atom. The fourth-order valence-electron chi connectivity index (χ4n) is 1.80. The third-order valence-electron chi connectivity index (χ3n) is 2.45. The van der Waals surface area contributed by atoms with Crippen LogP contribution in [0.1, 0.15) is 32.4 Å². The van der Waals surface area contributed by atoms with E-state index in [4.69, 9.17) is 11.6 Å². The van der Waals surface area contributed by atoms with Gasteiger partial charge in [-0.2, -0.15) is 0 Å². The molecule has 0 spiro atoms. The molecule has 0 amide bonds. The minimum absolute atomic E-state index is 0.00775. The van der Waals surface area contributed by atoms with E-state index in [1.54, 1.807) is 6.07 Å². The minimum Gasteiger partial charge on any atom is -0.313 e. The SMILES string of the molecule is CNC(c1cccc(F)c1Cl)C(C)(C)C. The fourth-order valence-corrected chi connectivity index (χ4v) is 2.03. The van der Waals surface area contributed by atoms with Crippen LogP contribution in [0.4, 0.5) is 4.39 Å². The van der Waals surface area contributed by atoms with Crippen LogP contribution < -0.4 is 5.32 Å². The molecule has 15 heavy (non-hydrogen) atoms. The van der Waals surface area contributed by atoms with Crippen molar-refractivity contribution in [1.82, 2.24) is 5.32 Å². The van der Waals surface area contributed by atoms with E-state index in [1.165, 1.54) is 6.07 Å². The molecule has 0 heterocycles. The third-order valence-corrected chi connectivity index (χ3v) is 2.85. The highest BCUT2D eigenvalue weighted by Crippen LogP contribution is 2.36. The van der Waals surface area contributed by atoms with E-state index in [9.17, 15) is 4.39 Å². The Bertz CT molecular complexity index is 344. The molecule has 1 unspecified atom stereocenters. The van der Waals surface area contributed by atoms with Gasteiger partial charge in [-0.3, -0.25) is 0 Å². The molecule has 0 bridgehead atoms. The maximum Gasteiger partial charge on any atom is 0.142 e. The van der Waals surface area contributed by atoms with Crippen LogP contribution in [0.5, 0.6) is 0 Å². The van der Waals surface area contributed by atoms with E-state index in [0.29, 0.717) is 0 Å². The number of hydrogen-bond acceptors (Lipinski definition) is 1. The highest BCUT2D eigenvalue weighted by Gasteiger charge is 2.27. The van der Waals surface area contributed by atoms with Gasteiger partial charge in [0, 0.05) is 6.04 Å². The zero-order valence-corrected chi connectivity index (χ0v) is 10.3. The third kappa shape index (κ3) is 2.70. The molecule has 1 N–H and O–H groups in total. The summed E-state index contributed by atoms with van der Waals surface area (Å²) in [4.78, 5) is 0. The van der Waals surface area contributed by atoms with Gasteiger partial charge in [-0.25, -0.2) is 4.39 Å². The van der Waals surface area contributed by atoms with Crippen molar-refractivity contribution in [3.63, 3.8) is 0 Å². The summed E-state index contributed by atoms with van der Waals surface area (Å²) in [5.74, 6) is -0.362. The molecule has 1 aromatic carbocycles. The Kier molecular flexibility index (Phi) is 3.74. The van der Waals surface area contributed by atoms with Crippen LogP contribution >= 0.6 is 11.6 Å². The molecule has 1 rings (SSSR count). The lowest BCUT2D eigenvalue weighted by Crippen LogP contribution is -2.30. The van der Waals surface area contributed by atoms with Crippen molar-refractivity contribution >= 4 is 11.6 Å². The van der Waals surface area contributed by atoms with E-state index >= 15 is 0 Å². The van der Waals surface area contributed by atoms with Crippen LogP contribution in [0.15, 0.2) is 18.2 Å². The number of nitrogens with one attached hydrogen (secondary N) is 1. The van der Waals surface area contributed by atoms with Crippen molar-refractivity contribution in [3.8, 4) is 0 Å². The summed E-state index contributed by atoms with van der Waals surface area (Å²) in [5.41, 5.74) is 0.804. The zero-order valence-electron chi connectivity index (χ0n) is 9.57. The Labute approximate surface area is 95.6 Å². The van der Waals surface area contributed by atoms with Gasteiger partial charge in [-0.15, -0.1) is 0 Å². The molecule has 1 aromatic rings. The largest absolute Gasteiger partial charge is 0.313 e. The van der Waals surface area contributed by atoms with Gasteiger partial charge in [0.25, 0.3) is 0 Å². The van der Waals surface area contributed by atoms with Gasteiger partial charge in [0.2, 0.25) is 0 Å². The van der Waals surface area contributed by atoms with Crippen LogP contribution in [-0.4, -0.2) is 7.05 Å². The average molecular weight is 230 g/mol. The fraction of sp³-hybridized carbons (Fsp3) is 0.500. The van der Waals surface area contributed by atoms with Crippen molar-refractivity contribution in [2.75, 3.05) is 7.05 Å². The molecular weight excluding hydrogens is 213 g/mol. The molecule has 0 aliphatic heterocycles. The first-order chi connectivity index (χ1) is 6.88. The molecule has 0 radical (unpaired) electrons. The molecule has 3 heteroatoms. The molecule has 1 nitrogen and oxygen atoms in total. The summed E-state index contributed by atoms with van der Waals surface area (Å²) in [6.45, 7) is 6.28. The van der Waals surface area contributed by atoms with Gasteiger partial charge in [0.15, 0.2) is 0 Å². The number of hydrogen-bond donors (Lipinski definition) is 1. The Balaban J connectivity index is 3.19. The summed E-state index contributed by atoms with van der Waals surface area (Å²) < 4.78 is 13.3. The van der Waals surface area contributed by atoms with Crippen LogP contribution in [0, 0.1) is 11.2 Å². The van der Waals surface area contributed by atoms with Gasteiger partial charge in [0.05, 0.1) is 5.02 Å². The van der Waals surface area contributed by atoms with Gasteiger partial charge in [0.1, 0.15) is 5.82 Å². The predicted molar refractivity (Wildman–Crippen MR) is 62.7 cm³/mol. The Hall–Kier alpha value is -0.600. The number of benzene rings is 1. The second-order valence-electron chi connectivity index (χ2n) is 4.73. The van der Waals surface area contributed by atoms with E-state index in [0.717, 1.165) is 5.56 Å². The molecule has 0 saturated heterocycles. The summed E-state index contributed by atoms with van der Waals surface area (Å²) in [7, 11) is 1.86. The normalized spacial score (nSPS) is 14.0. The van der Waals surface area contributed by atoms with Crippen molar-refractivity contribution in [1.29, 1.82) is 0 Å². The second-order valence-corrected chi connectivity index (χ2v) is 5.11. The van der Waals surface area contributed by atoms with Crippen molar-refractivity contribution in [3.05, 3.63) is 34.6 Å². The molecule has 0 aliphatic rings. The lowest BCUT2D eigenvalue weighted by Gasteiger charge is -2.31. The molecule has 0 saturated carbocycles. The smallest absolute Gasteiger partial charge is 0.142 e. The number of halogens is 2. The highest BCUT2D eigenvalue weighted by molar-refractivity contribution is 6.31. The predicted octanol–water partition coefficient (Wildman–Crippen LogP) is 3.79.